The summed E-state index contributed by atoms with van der Waals surface area (Å²) in [6.07, 6.45) is 2.19. The highest BCUT2D eigenvalue weighted by atomic mass is 35.5. The van der Waals surface area contributed by atoms with Gasteiger partial charge in [0.1, 0.15) is 5.58 Å². The summed E-state index contributed by atoms with van der Waals surface area (Å²) >= 11 is 6.20. The van der Waals surface area contributed by atoms with Gasteiger partial charge in [0.2, 0.25) is 5.91 Å². The van der Waals surface area contributed by atoms with Crippen molar-refractivity contribution in [2.75, 3.05) is 26.3 Å². The van der Waals surface area contributed by atoms with Gasteiger partial charge in [-0.25, -0.2) is 0 Å². The number of rotatable bonds is 3. The van der Waals surface area contributed by atoms with Crippen LogP contribution in [0.3, 0.4) is 0 Å². The van der Waals surface area contributed by atoms with Crippen molar-refractivity contribution in [2.45, 2.75) is 19.8 Å². The molecular formula is C19H20ClNO5. The molecule has 1 N–H and O–H groups in total. The first-order valence-corrected chi connectivity index (χ1v) is 9.03. The molecule has 26 heavy (non-hydrogen) atoms. The second-order valence-electron chi connectivity index (χ2n) is 7.29. The lowest BCUT2D eigenvalue weighted by Gasteiger charge is -2.33. The number of furan rings is 1. The van der Waals surface area contributed by atoms with E-state index in [1.165, 1.54) is 0 Å². The normalized spacial score (nSPS) is 25.5. The number of likely N-dealkylation sites (tertiary alicyclic amines) is 1. The molecule has 2 fully saturated rings. The maximum Gasteiger partial charge on any atom is 0.311 e. The largest absolute Gasteiger partial charge is 0.481 e. The Balaban J connectivity index is 1.56. The molecule has 0 spiro atoms. The van der Waals surface area contributed by atoms with E-state index < -0.39 is 11.4 Å². The number of aryl methyl sites for hydroxylation is 1. The molecule has 2 saturated heterocycles. The lowest BCUT2D eigenvalue weighted by atomic mass is 9.74. The van der Waals surface area contributed by atoms with E-state index in [-0.39, 0.29) is 24.8 Å². The number of halogens is 1. The molecule has 2 aromatic rings. The number of carboxylic acid groups (broad SMARTS) is 1. The molecule has 3 heterocycles. The molecule has 6 nitrogen and oxygen atoms in total. The molecule has 0 bridgehead atoms. The molecule has 0 saturated carbocycles. The number of aliphatic carboxylic acids is 1. The molecule has 4 rings (SSSR count). The summed E-state index contributed by atoms with van der Waals surface area (Å²) in [6, 6.07) is 3.67. The van der Waals surface area contributed by atoms with Crippen molar-refractivity contribution in [3.63, 3.8) is 0 Å². The van der Waals surface area contributed by atoms with Gasteiger partial charge in [-0.2, -0.15) is 0 Å². The van der Waals surface area contributed by atoms with Gasteiger partial charge in [-0.1, -0.05) is 11.6 Å². The minimum atomic E-state index is -0.882. The standard InChI is InChI=1S/C19H20ClNO5/c1-11-4-16-14(6-15(11)20)12(8-26-16)5-17(22)21-7-13-9-25-3-2-19(13,10-21)18(23)24/h4,6,8,13H,2-3,5,7,9-10H2,1H3,(H,23,24)/t13-,19+/m1/s1. The summed E-state index contributed by atoms with van der Waals surface area (Å²) in [5.74, 6) is -1.09. The molecule has 2 aliphatic rings. The predicted molar refractivity (Wildman–Crippen MR) is 95.2 cm³/mol. The molecule has 1 amide bonds. The molecule has 0 aliphatic carbocycles. The molecule has 0 unspecified atom stereocenters. The predicted octanol–water partition coefficient (Wildman–Crippen LogP) is 2.89. The minimum absolute atomic E-state index is 0.0978. The van der Waals surface area contributed by atoms with E-state index in [2.05, 4.69) is 0 Å². The highest BCUT2D eigenvalue weighted by Gasteiger charge is 2.54. The molecule has 1 aromatic heterocycles. The van der Waals surface area contributed by atoms with Crippen LogP contribution in [0, 0.1) is 18.3 Å². The third-order valence-electron chi connectivity index (χ3n) is 5.76. The third kappa shape index (κ3) is 2.68. The van der Waals surface area contributed by atoms with Crippen LogP contribution < -0.4 is 0 Å². The summed E-state index contributed by atoms with van der Waals surface area (Å²) in [6.45, 7) is 3.37. The topological polar surface area (TPSA) is 80.0 Å². The van der Waals surface area contributed by atoms with Gasteiger partial charge in [-0.3, -0.25) is 9.59 Å². The van der Waals surface area contributed by atoms with Crippen molar-refractivity contribution in [1.82, 2.24) is 4.90 Å². The number of hydrogen-bond donors (Lipinski definition) is 1. The number of hydrogen-bond acceptors (Lipinski definition) is 4. The van der Waals surface area contributed by atoms with E-state index in [4.69, 9.17) is 20.8 Å². The smallest absolute Gasteiger partial charge is 0.311 e. The van der Waals surface area contributed by atoms with Gasteiger partial charge in [0.15, 0.2) is 0 Å². The Hall–Kier alpha value is -2.05. The lowest BCUT2D eigenvalue weighted by Crippen LogP contribution is -2.45. The first-order valence-electron chi connectivity index (χ1n) is 8.66. The van der Waals surface area contributed by atoms with Gasteiger partial charge in [0, 0.05) is 41.6 Å². The SMILES string of the molecule is Cc1cc2occ(CC(=O)N3C[C@@H]4COCC[C@]4(C(=O)O)C3)c2cc1Cl. The zero-order chi connectivity index (χ0) is 18.5. The van der Waals surface area contributed by atoms with Crippen LogP contribution in [0.4, 0.5) is 0 Å². The number of ether oxygens (including phenoxy) is 1. The van der Waals surface area contributed by atoms with E-state index in [1.54, 1.807) is 11.2 Å². The fourth-order valence-electron chi connectivity index (χ4n) is 4.10. The molecule has 2 atom stereocenters. The number of carbonyl (C=O) groups is 2. The summed E-state index contributed by atoms with van der Waals surface area (Å²) in [7, 11) is 0. The first kappa shape index (κ1) is 17.4. The second-order valence-corrected chi connectivity index (χ2v) is 7.70. The summed E-state index contributed by atoms with van der Waals surface area (Å²) < 4.78 is 11.0. The summed E-state index contributed by atoms with van der Waals surface area (Å²) in [4.78, 5) is 26.4. The van der Waals surface area contributed by atoms with Crippen molar-refractivity contribution >= 4 is 34.4 Å². The minimum Gasteiger partial charge on any atom is -0.481 e. The fourth-order valence-corrected chi connectivity index (χ4v) is 4.27. The van der Waals surface area contributed by atoms with E-state index >= 15 is 0 Å². The highest BCUT2D eigenvalue weighted by Crippen LogP contribution is 2.42. The number of benzene rings is 1. The fraction of sp³-hybridized carbons (Fsp3) is 0.474. The Labute approximate surface area is 155 Å². The van der Waals surface area contributed by atoms with E-state index in [9.17, 15) is 14.7 Å². The van der Waals surface area contributed by atoms with Crippen LogP contribution in [0.15, 0.2) is 22.8 Å². The Kier molecular flexibility index (Phi) is 4.20. The van der Waals surface area contributed by atoms with Crippen molar-refractivity contribution < 1.29 is 23.8 Å². The van der Waals surface area contributed by atoms with Crippen LogP contribution in [-0.2, 0) is 20.7 Å². The van der Waals surface area contributed by atoms with Crippen LogP contribution in [0.1, 0.15) is 17.5 Å². The Morgan fingerprint density at radius 3 is 2.96 bits per heavy atom. The van der Waals surface area contributed by atoms with Crippen molar-refractivity contribution in [1.29, 1.82) is 0 Å². The molecule has 2 aliphatic heterocycles. The summed E-state index contributed by atoms with van der Waals surface area (Å²) in [5, 5.41) is 11.2. The Bertz CT molecular complexity index is 891. The first-order chi connectivity index (χ1) is 12.4. The average molecular weight is 378 g/mol. The van der Waals surface area contributed by atoms with Crippen LogP contribution in [0.5, 0.6) is 0 Å². The molecule has 1 aromatic carbocycles. The van der Waals surface area contributed by atoms with Gasteiger partial charge in [-0.15, -0.1) is 0 Å². The maximum absolute atomic E-state index is 12.8. The van der Waals surface area contributed by atoms with Gasteiger partial charge < -0.3 is 19.2 Å². The van der Waals surface area contributed by atoms with Gasteiger partial charge in [-0.05, 0) is 31.0 Å². The van der Waals surface area contributed by atoms with Crippen LogP contribution in [0.2, 0.25) is 5.02 Å². The number of nitrogens with zero attached hydrogens (tertiary/aromatic N) is 1. The molecular weight excluding hydrogens is 358 g/mol. The van der Waals surface area contributed by atoms with Gasteiger partial charge in [0.25, 0.3) is 0 Å². The van der Waals surface area contributed by atoms with E-state index in [0.29, 0.717) is 36.8 Å². The Morgan fingerprint density at radius 2 is 2.23 bits per heavy atom. The highest BCUT2D eigenvalue weighted by molar-refractivity contribution is 6.32. The van der Waals surface area contributed by atoms with Gasteiger partial charge in [0.05, 0.1) is 24.7 Å². The van der Waals surface area contributed by atoms with Gasteiger partial charge >= 0.3 is 5.97 Å². The van der Waals surface area contributed by atoms with E-state index in [1.807, 2.05) is 19.1 Å². The van der Waals surface area contributed by atoms with Crippen molar-refractivity contribution in [2.24, 2.45) is 11.3 Å². The summed E-state index contributed by atoms with van der Waals surface area (Å²) in [5.41, 5.74) is 1.49. The monoisotopic (exact) mass is 377 g/mol. The average Bonchev–Trinajstić information content (AvgIpc) is 3.18. The maximum atomic E-state index is 12.8. The van der Waals surface area contributed by atoms with Crippen LogP contribution in [-0.4, -0.2) is 48.2 Å². The van der Waals surface area contributed by atoms with E-state index in [0.717, 1.165) is 16.5 Å². The number of carboxylic acids is 1. The molecule has 0 radical (unpaired) electrons. The second kappa shape index (κ2) is 6.28. The Morgan fingerprint density at radius 1 is 1.42 bits per heavy atom. The van der Waals surface area contributed by atoms with Crippen molar-refractivity contribution in [3.05, 3.63) is 34.5 Å². The quantitative estimate of drug-likeness (QED) is 0.889. The molecule has 7 heteroatoms. The lowest BCUT2D eigenvalue weighted by molar-refractivity contribution is -0.157. The number of carbonyl (C=O) groups excluding carboxylic acids is 1. The van der Waals surface area contributed by atoms with Crippen LogP contribution in [0.25, 0.3) is 11.0 Å². The molecule has 138 valence electrons. The zero-order valence-corrected chi connectivity index (χ0v) is 15.2. The third-order valence-corrected chi connectivity index (χ3v) is 6.17. The van der Waals surface area contributed by atoms with Crippen molar-refractivity contribution in [3.8, 4) is 0 Å². The number of amides is 1. The van der Waals surface area contributed by atoms with Crippen LogP contribution >= 0.6 is 11.6 Å². The zero-order valence-electron chi connectivity index (χ0n) is 14.5. The number of fused-ring (bicyclic) bond motifs is 2.